The highest BCUT2D eigenvalue weighted by Gasteiger charge is 2.27. The van der Waals surface area contributed by atoms with Crippen LogP contribution in [0.4, 0.5) is 5.69 Å². The zero-order valence-electron chi connectivity index (χ0n) is 18.0. The van der Waals surface area contributed by atoms with E-state index in [2.05, 4.69) is 16.5 Å². The quantitative estimate of drug-likeness (QED) is 0.460. The third kappa shape index (κ3) is 4.35. The van der Waals surface area contributed by atoms with E-state index < -0.39 is 0 Å². The lowest BCUT2D eigenvalue weighted by molar-refractivity contribution is 0.102. The third-order valence-electron chi connectivity index (χ3n) is 5.70. The van der Waals surface area contributed by atoms with E-state index in [1.807, 2.05) is 65.3 Å². The Morgan fingerprint density at radius 2 is 1.88 bits per heavy atom. The molecule has 162 valence electrons. The fourth-order valence-corrected chi connectivity index (χ4v) is 4.15. The molecule has 6 heteroatoms. The van der Waals surface area contributed by atoms with E-state index in [-0.39, 0.29) is 5.91 Å². The summed E-state index contributed by atoms with van der Waals surface area (Å²) in [5.74, 6) is 0.414. The number of nitriles is 1. The molecule has 0 bridgehead atoms. The van der Waals surface area contributed by atoms with Gasteiger partial charge in [0.2, 0.25) is 0 Å². The summed E-state index contributed by atoms with van der Waals surface area (Å²) in [7, 11) is 0. The Kier molecular flexibility index (Phi) is 5.61. The van der Waals surface area contributed by atoms with Gasteiger partial charge in [0.05, 0.1) is 17.3 Å². The van der Waals surface area contributed by atoms with Gasteiger partial charge in [-0.1, -0.05) is 36.4 Å². The summed E-state index contributed by atoms with van der Waals surface area (Å²) >= 11 is 0. The maximum absolute atomic E-state index is 13.1. The number of para-hydroxylation sites is 1. The normalized spacial score (nSPS) is 12.1. The van der Waals surface area contributed by atoms with Gasteiger partial charge in [-0.2, -0.15) is 10.4 Å². The fourth-order valence-electron chi connectivity index (χ4n) is 4.15. The third-order valence-corrected chi connectivity index (χ3v) is 5.70. The Hall–Kier alpha value is -4.37. The van der Waals surface area contributed by atoms with E-state index in [0.717, 1.165) is 41.8 Å². The average Bonchev–Trinajstić information content (AvgIpc) is 3.47. The van der Waals surface area contributed by atoms with Gasteiger partial charge >= 0.3 is 0 Å². The number of fused-ring (bicyclic) bond motifs is 1. The van der Waals surface area contributed by atoms with E-state index in [0.29, 0.717) is 29.3 Å². The van der Waals surface area contributed by atoms with Crippen LogP contribution in [0.25, 0.3) is 5.69 Å². The van der Waals surface area contributed by atoms with Crippen molar-refractivity contribution in [1.29, 1.82) is 5.26 Å². The topological polar surface area (TPSA) is 79.9 Å². The van der Waals surface area contributed by atoms with Crippen LogP contribution in [-0.2, 0) is 19.4 Å². The number of nitrogens with zero attached hydrogens (tertiary/aromatic N) is 3. The molecule has 0 aliphatic heterocycles. The molecule has 1 aliphatic carbocycles. The molecule has 0 atom stereocenters. The van der Waals surface area contributed by atoms with Crippen LogP contribution < -0.4 is 10.1 Å². The van der Waals surface area contributed by atoms with Crippen molar-refractivity contribution < 1.29 is 9.53 Å². The molecule has 1 N–H and O–H groups in total. The lowest BCUT2D eigenvalue weighted by Gasteiger charge is -2.09. The molecule has 0 spiro atoms. The average molecular weight is 434 g/mol. The van der Waals surface area contributed by atoms with E-state index in [1.165, 1.54) is 0 Å². The molecule has 6 nitrogen and oxygen atoms in total. The predicted molar refractivity (Wildman–Crippen MR) is 125 cm³/mol. The van der Waals surface area contributed by atoms with E-state index >= 15 is 0 Å². The minimum absolute atomic E-state index is 0.221. The van der Waals surface area contributed by atoms with Crippen LogP contribution in [-0.4, -0.2) is 15.7 Å². The second-order valence-electron chi connectivity index (χ2n) is 7.96. The summed E-state index contributed by atoms with van der Waals surface area (Å²) in [4.78, 5) is 13.1. The Balaban J connectivity index is 1.32. The molecule has 1 heterocycles. The number of carbonyl (C=O) groups excluding carboxylic acids is 1. The molecular formula is C27H22N4O2. The highest BCUT2D eigenvalue weighted by atomic mass is 16.5. The standard InChI is InChI=1S/C27H22N4O2/c28-17-19-7-4-8-20(15-19)18-33-23-12-5-9-21(16-23)29-27(32)26-24-13-6-14-25(24)31(30-26)22-10-2-1-3-11-22/h1-5,7-12,15-16H,6,13-14,18H2,(H,29,32). The van der Waals surface area contributed by atoms with Crippen molar-refractivity contribution in [2.75, 3.05) is 5.32 Å². The van der Waals surface area contributed by atoms with Crippen molar-refractivity contribution in [2.24, 2.45) is 0 Å². The van der Waals surface area contributed by atoms with Crippen molar-refractivity contribution in [3.8, 4) is 17.5 Å². The first-order chi connectivity index (χ1) is 16.2. The van der Waals surface area contributed by atoms with Gasteiger partial charge in [0.15, 0.2) is 5.69 Å². The molecule has 1 amide bonds. The first-order valence-electron chi connectivity index (χ1n) is 10.9. The maximum atomic E-state index is 13.1. The first-order valence-corrected chi connectivity index (χ1v) is 10.9. The summed E-state index contributed by atoms with van der Waals surface area (Å²) in [6.45, 7) is 0.335. The number of rotatable bonds is 6. The molecule has 33 heavy (non-hydrogen) atoms. The molecule has 0 radical (unpaired) electrons. The highest BCUT2D eigenvalue weighted by Crippen LogP contribution is 2.28. The van der Waals surface area contributed by atoms with Crippen molar-refractivity contribution in [3.63, 3.8) is 0 Å². The molecule has 1 aromatic heterocycles. The molecule has 0 saturated heterocycles. The fraction of sp³-hybridized carbons (Fsp3) is 0.148. The van der Waals surface area contributed by atoms with Gasteiger partial charge in [0, 0.05) is 23.0 Å². The van der Waals surface area contributed by atoms with Crippen LogP contribution >= 0.6 is 0 Å². The van der Waals surface area contributed by atoms with Crippen molar-refractivity contribution in [3.05, 3.63) is 107 Å². The monoisotopic (exact) mass is 434 g/mol. The smallest absolute Gasteiger partial charge is 0.276 e. The van der Waals surface area contributed by atoms with Gasteiger partial charge in [-0.25, -0.2) is 4.68 Å². The number of hydrogen-bond donors (Lipinski definition) is 1. The van der Waals surface area contributed by atoms with Gasteiger partial charge in [0.1, 0.15) is 12.4 Å². The van der Waals surface area contributed by atoms with Crippen molar-refractivity contribution in [1.82, 2.24) is 9.78 Å². The minimum atomic E-state index is -0.221. The van der Waals surface area contributed by atoms with Crippen LogP contribution in [0.5, 0.6) is 5.75 Å². The summed E-state index contributed by atoms with van der Waals surface area (Å²) < 4.78 is 7.77. The molecule has 1 aliphatic rings. The Morgan fingerprint density at radius 1 is 1.03 bits per heavy atom. The minimum Gasteiger partial charge on any atom is -0.489 e. The second-order valence-corrected chi connectivity index (χ2v) is 7.96. The largest absolute Gasteiger partial charge is 0.489 e. The predicted octanol–water partition coefficient (Wildman–Crippen LogP) is 5.06. The highest BCUT2D eigenvalue weighted by molar-refractivity contribution is 6.04. The Morgan fingerprint density at radius 3 is 2.73 bits per heavy atom. The number of nitrogens with one attached hydrogen (secondary N) is 1. The number of ether oxygens (including phenoxy) is 1. The number of carbonyl (C=O) groups is 1. The zero-order chi connectivity index (χ0) is 22.6. The van der Waals surface area contributed by atoms with Crippen LogP contribution in [0.15, 0.2) is 78.9 Å². The SMILES string of the molecule is N#Cc1cccc(COc2cccc(NC(=O)c3nn(-c4ccccc4)c4c3CCC4)c2)c1. The number of amides is 1. The maximum Gasteiger partial charge on any atom is 0.276 e. The first kappa shape index (κ1) is 20.5. The van der Waals surface area contributed by atoms with E-state index in [4.69, 9.17) is 10.00 Å². The van der Waals surface area contributed by atoms with Gasteiger partial charge < -0.3 is 10.1 Å². The van der Waals surface area contributed by atoms with Crippen LogP contribution in [0.3, 0.4) is 0 Å². The number of benzene rings is 3. The number of aromatic nitrogens is 2. The summed E-state index contributed by atoms with van der Waals surface area (Å²) in [5.41, 5.74) is 5.73. The van der Waals surface area contributed by atoms with Crippen LogP contribution in [0, 0.1) is 11.3 Å². The Labute approximate surface area is 192 Å². The van der Waals surface area contributed by atoms with Gasteiger partial charge in [-0.05, 0) is 61.2 Å². The van der Waals surface area contributed by atoms with E-state index in [9.17, 15) is 4.79 Å². The lowest BCUT2D eigenvalue weighted by Crippen LogP contribution is -2.15. The van der Waals surface area contributed by atoms with Gasteiger partial charge in [-0.15, -0.1) is 0 Å². The molecule has 0 saturated carbocycles. The Bertz CT molecular complexity index is 1350. The lowest BCUT2D eigenvalue weighted by atomic mass is 10.1. The summed E-state index contributed by atoms with van der Waals surface area (Å²) in [5, 5.41) is 16.7. The number of anilines is 1. The summed E-state index contributed by atoms with van der Waals surface area (Å²) in [6, 6.07) is 26.6. The number of hydrogen-bond acceptors (Lipinski definition) is 4. The molecule has 0 fully saturated rings. The zero-order valence-corrected chi connectivity index (χ0v) is 18.0. The molecule has 5 rings (SSSR count). The van der Waals surface area contributed by atoms with Crippen molar-refractivity contribution in [2.45, 2.75) is 25.9 Å². The second kappa shape index (κ2) is 9.01. The van der Waals surface area contributed by atoms with Gasteiger partial charge in [0.25, 0.3) is 5.91 Å². The van der Waals surface area contributed by atoms with Gasteiger partial charge in [-0.3, -0.25) is 4.79 Å². The van der Waals surface area contributed by atoms with Crippen LogP contribution in [0.2, 0.25) is 0 Å². The molecule has 4 aromatic rings. The van der Waals surface area contributed by atoms with E-state index in [1.54, 1.807) is 18.2 Å². The molecular weight excluding hydrogens is 412 g/mol. The molecule has 0 unspecified atom stereocenters. The summed E-state index contributed by atoms with van der Waals surface area (Å²) in [6.07, 6.45) is 2.80. The molecule has 3 aromatic carbocycles. The van der Waals surface area contributed by atoms with Crippen molar-refractivity contribution >= 4 is 11.6 Å². The van der Waals surface area contributed by atoms with Crippen LogP contribution in [0.1, 0.15) is 39.3 Å².